The van der Waals surface area contributed by atoms with Gasteiger partial charge in [0.25, 0.3) is 0 Å². The predicted octanol–water partition coefficient (Wildman–Crippen LogP) is 3.63. The third kappa shape index (κ3) is 2.91. The van der Waals surface area contributed by atoms with E-state index in [1.807, 2.05) is 0 Å². The van der Waals surface area contributed by atoms with Gasteiger partial charge in [0, 0.05) is 0 Å². The summed E-state index contributed by atoms with van der Waals surface area (Å²) in [6.45, 7) is 7.37. The van der Waals surface area contributed by atoms with Gasteiger partial charge in [-0.15, -0.1) is 13.2 Å². The van der Waals surface area contributed by atoms with Crippen LogP contribution in [0.2, 0.25) is 0 Å². The van der Waals surface area contributed by atoms with Gasteiger partial charge in [0.2, 0.25) is 0 Å². The molecule has 0 spiro atoms. The molecule has 22 heavy (non-hydrogen) atoms. The molecule has 0 atom stereocenters. The first-order valence-corrected chi connectivity index (χ1v) is 6.79. The molecule has 4 N–H and O–H groups in total. The Morgan fingerprint density at radius 2 is 0.955 bits per heavy atom. The Bertz CT molecular complexity index is 669. The van der Waals surface area contributed by atoms with Crippen LogP contribution in [0.15, 0.2) is 49.6 Å². The smallest absolute Gasteiger partial charge is 0.158 e. The normalized spacial score (nSPS) is 10.4. The molecule has 114 valence electrons. The zero-order chi connectivity index (χ0) is 16.3. The molecule has 0 heterocycles. The van der Waals surface area contributed by atoms with Crippen molar-refractivity contribution < 1.29 is 20.4 Å². The van der Waals surface area contributed by atoms with Crippen molar-refractivity contribution in [3.8, 4) is 34.1 Å². The van der Waals surface area contributed by atoms with Gasteiger partial charge in [-0.05, 0) is 59.4 Å². The molecule has 2 aromatic rings. The molecule has 4 heteroatoms. The molecular formula is C18H18O4. The quantitative estimate of drug-likeness (QED) is 0.502. The Hall–Kier alpha value is -2.88. The standard InChI is InChI=1S/C18H18O4/c1-3-5-11-7-15(19)17(21)9-13(11)14-10-18(22)16(20)8-12(14)6-4-2/h3-4,7-10,19-22H,1-2,5-6H2. The third-order valence-corrected chi connectivity index (χ3v) is 3.42. The molecule has 4 nitrogen and oxygen atoms in total. The van der Waals surface area contributed by atoms with E-state index in [4.69, 9.17) is 0 Å². The Kier molecular flexibility index (Phi) is 4.41. The van der Waals surface area contributed by atoms with Crippen LogP contribution >= 0.6 is 0 Å². The first kappa shape index (κ1) is 15.5. The molecule has 0 saturated carbocycles. The van der Waals surface area contributed by atoms with Gasteiger partial charge in [0.15, 0.2) is 23.0 Å². The van der Waals surface area contributed by atoms with Crippen LogP contribution in [0, 0.1) is 0 Å². The molecule has 0 amide bonds. The van der Waals surface area contributed by atoms with Gasteiger partial charge in [-0.2, -0.15) is 0 Å². The summed E-state index contributed by atoms with van der Waals surface area (Å²) in [5.41, 5.74) is 2.81. The van der Waals surface area contributed by atoms with E-state index in [9.17, 15) is 20.4 Å². The first-order valence-electron chi connectivity index (χ1n) is 6.79. The molecule has 0 saturated heterocycles. The summed E-state index contributed by atoms with van der Waals surface area (Å²) in [6, 6.07) is 5.81. The first-order chi connectivity index (χ1) is 10.5. The van der Waals surface area contributed by atoms with E-state index in [1.54, 1.807) is 12.2 Å². The van der Waals surface area contributed by atoms with Gasteiger partial charge < -0.3 is 20.4 Å². The zero-order valence-corrected chi connectivity index (χ0v) is 12.1. The van der Waals surface area contributed by atoms with Crippen molar-refractivity contribution in [1.82, 2.24) is 0 Å². The lowest BCUT2D eigenvalue weighted by Gasteiger charge is -2.15. The van der Waals surface area contributed by atoms with E-state index in [-0.39, 0.29) is 23.0 Å². The molecule has 0 radical (unpaired) electrons. The average molecular weight is 298 g/mol. The number of aromatic hydroxyl groups is 4. The van der Waals surface area contributed by atoms with Gasteiger partial charge in [0.05, 0.1) is 0 Å². The number of phenols is 4. The molecule has 0 aliphatic heterocycles. The Balaban J connectivity index is 2.74. The fraction of sp³-hybridized carbons (Fsp3) is 0.111. The van der Waals surface area contributed by atoms with Crippen molar-refractivity contribution in [3.63, 3.8) is 0 Å². The fourth-order valence-corrected chi connectivity index (χ4v) is 2.39. The summed E-state index contributed by atoms with van der Waals surface area (Å²) in [7, 11) is 0. The van der Waals surface area contributed by atoms with E-state index >= 15 is 0 Å². The highest BCUT2D eigenvalue weighted by Gasteiger charge is 2.15. The number of hydrogen-bond acceptors (Lipinski definition) is 4. The van der Waals surface area contributed by atoms with Crippen LogP contribution in [-0.4, -0.2) is 20.4 Å². The Morgan fingerprint density at radius 3 is 1.27 bits per heavy atom. The largest absolute Gasteiger partial charge is 0.504 e. The van der Waals surface area contributed by atoms with Gasteiger partial charge >= 0.3 is 0 Å². The third-order valence-electron chi connectivity index (χ3n) is 3.42. The van der Waals surface area contributed by atoms with E-state index in [1.165, 1.54) is 24.3 Å². The van der Waals surface area contributed by atoms with Crippen LogP contribution in [0.25, 0.3) is 11.1 Å². The maximum absolute atomic E-state index is 9.79. The highest BCUT2D eigenvalue weighted by Crippen LogP contribution is 2.40. The van der Waals surface area contributed by atoms with Crippen LogP contribution in [0.1, 0.15) is 11.1 Å². The van der Waals surface area contributed by atoms with Crippen molar-refractivity contribution in [3.05, 3.63) is 60.7 Å². The second-order valence-corrected chi connectivity index (χ2v) is 4.98. The van der Waals surface area contributed by atoms with Crippen LogP contribution in [0.5, 0.6) is 23.0 Å². The van der Waals surface area contributed by atoms with Crippen LogP contribution in [0.4, 0.5) is 0 Å². The van der Waals surface area contributed by atoms with Crippen molar-refractivity contribution in [2.75, 3.05) is 0 Å². The Labute approximate surface area is 128 Å². The summed E-state index contributed by atoms with van der Waals surface area (Å²) < 4.78 is 0. The summed E-state index contributed by atoms with van der Waals surface area (Å²) >= 11 is 0. The zero-order valence-electron chi connectivity index (χ0n) is 12.1. The minimum absolute atomic E-state index is 0.214. The fourth-order valence-electron chi connectivity index (χ4n) is 2.39. The molecule has 2 aromatic carbocycles. The van der Waals surface area contributed by atoms with Gasteiger partial charge in [-0.1, -0.05) is 12.2 Å². The molecule has 0 aliphatic rings. The lowest BCUT2D eigenvalue weighted by atomic mass is 9.91. The molecular weight excluding hydrogens is 280 g/mol. The monoisotopic (exact) mass is 298 g/mol. The lowest BCUT2D eigenvalue weighted by molar-refractivity contribution is 0.402. The Morgan fingerprint density at radius 1 is 0.636 bits per heavy atom. The van der Waals surface area contributed by atoms with Crippen molar-refractivity contribution in [2.24, 2.45) is 0 Å². The van der Waals surface area contributed by atoms with Gasteiger partial charge in [-0.3, -0.25) is 0 Å². The summed E-state index contributed by atoms with van der Waals surface area (Å²) in [5.74, 6) is -0.928. The number of allylic oxidation sites excluding steroid dienone is 2. The highest BCUT2D eigenvalue weighted by atomic mass is 16.3. The molecule has 2 rings (SSSR count). The molecule has 0 aliphatic carbocycles. The van der Waals surface area contributed by atoms with Crippen molar-refractivity contribution >= 4 is 0 Å². The lowest BCUT2D eigenvalue weighted by Crippen LogP contribution is -1.94. The minimum atomic E-state index is -0.250. The van der Waals surface area contributed by atoms with Crippen LogP contribution in [-0.2, 0) is 12.8 Å². The maximum atomic E-state index is 9.79. The molecule has 0 aromatic heterocycles. The van der Waals surface area contributed by atoms with Crippen LogP contribution in [0.3, 0.4) is 0 Å². The van der Waals surface area contributed by atoms with E-state index in [0.29, 0.717) is 24.0 Å². The molecule has 0 bridgehead atoms. The molecule has 0 unspecified atom stereocenters. The van der Waals surface area contributed by atoms with E-state index in [2.05, 4.69) is 13.2 Å². The molecule has 0 fully saturated rings. The van der Waals surface area contributed by atoms with E-state index in [0.717, 1.165) is 11.1 Å². The number of phenolic OH excluding ortho intramolecular Hbond substituents is 4. The second kappa shape index (κ2) is 6.26. The summed E-state index contributed by atoms with van der Waals surface area (Å²) in [5, 5.41) is 38.9. The number of hydrogen-bond donors (Lipinski definition) is 4. The van der Waals surface area contributed by atoms with Crippen LogP contribution < -0.4 is 0 Å². The highest BCUT2D eigenvalue weighted by molar-refractivity contribution is 5.76. The van der Waals surface area contributed by atoms with Gasteiger partial charge in [0.1, 0.15) is 0 Å². The summed E-state index contributed by atoms with van der Waals surface area (Å²) in [6.07, 6.45) is 4.34. The SMILES string of the molecule is C=CCc1cc(O)c(O)cc1-c1cc(O)c(O)cc1CC=C. The number of benzene rings is 2. The van der Waals surface area contributed by atoms with Gasteiger partial charge in [-0.25, -0.2) is 0 Å². The van der Waals surface area contributed by atoms with Crippen molar-refractivity contribution in [2.45, 2.75) is 12.8 Å². The van der Waals surface area contributed by atoms with E-state index < -0.39 is 0 Å². The maximum Gasteiger partial charge on any atom is 0.158 e. The topological polar surface area (TPSA) is 80.9 Å². The summed E-state index contributed by atoms with van der Waals surface area (Å²) in [4.78, 5) is 0. The number of rotatable bonds is 5. The average Bonchev–Trinajstić information content (AvgIpc) is 2.47. The second-order valence-electron chi connectivity index (χ2n) is 4.98. The minimum Gasteiger partial charge on any atom is -0.504 e. The predicted molar refractivity (Wildman–Crippen MR) is 86.3 cm³/mol. The van der Waals surface area contributed by atoms with Crippen molar-refractivity contribution in [1.29, 1.82) is 0 Å².